The van der Waals surface area contributed by atoms with Crippen LogP contribution < -0.4 is 10.0 Å². The van der Waals surface area contributed by atoms with E-state index in [0.717, 1.165) is 25.1 Å². The number of nitrogens with zero attached hydrogens (tertiary/aromatic N) is 1. The van der Waals surface area contributed by atoms with Gasteiger partial charge < -0.3 is 20.1 Å². The minimum Gasteiger partial charge on any atom is -0.394 e. The van der Waals surface area contributed by atoms with Gasteiger partial charge in [0, 0.05) is 6.54 Å². The summed E-state index contributed by atoms with van der Waals surface area (Å²) in [5, 5.41) is 12.5. The van der Waals surface area contributed by atoms with E-state index in [0.29, 0.717) is 19.4 Å². The fourth-order valence-electron chi connectivity index (χ4n) is 3.20. The quantitative estimate of drug-likeness (QED) is 0.465. The second kappa shape index (κ2) is 11.0. The zero-order valence-corrected chi connectivity index (χ0v) is 17.6. The number of nitrogens with one attached hydrogen (secondary N) is 2. The van der Waals surface area contributed by atoms with Crippen molar-refractivity contribution in [3.8, 4) is 0 Å². The average molecular weight is 432 g/mol. The van der Waals surface area contributed by atoms with Gasteiger partial charge in [-0.05, 0) is 64.2 Å². The third kappa shape index (κ3) is 7.63. The first-order valence-electron chi connectivity index (χ1n) is 9.67. The highest BCUT2D eigenvalue weighted by molar-refractivity contribution is 7.89. The second-order valence-electron chi connectivity index (χ2n) is 7.45. The van der Waals surface area contributed by atoms with E-state index < -0.39 is 28.0 Å². The Morgan fingerprint density at radius 3 is 2.59 bits per heavy atom. The molecule has 0 unspecified atom stereocenters. The van der Waals surface area contributed by atoms with Crippen LogP contribution >= 0.6 is 0 Å². The van der Waals surface area contributed by atoms with Crippen LogP contribution in [0.15, 0.2) is 29.2 Å². The van der Waals surface area contributed by atoms with Gasteiger partial charge in [-0.2, -0.15) is 0 Å². The molecule has 164 valence electrons. The maximum atomic E-state index is 13.0. The zero-order valence-electron chi connectivity index (χ0n) is 16.8. The summed E-state index contributed by atoms with van der Waals surface area (Å²) < 4.78 is 46.3. The van der Waals surface area contributed by atoms with Crippen molar-refractivity contribution in [2.24, 2.45) is 0 Å². The second-order valence-corrected chi connectivity index (χ2v) is 9.16. The Morgan fingerprint density at radius 2 is 1.97 bits per heavy atom. The van der Waals surface area contributed by atoms with E-state index in [1.165, 1.54) is 12.1 Å². The largest absolute Gasteiger partial charge is 0.394 e. The molecule has 1 fully saturated rings. The topological polar surface area (TPSA) is 108 Å². The lowest BCUT2D eigenvalue weighted by atomic mass is 9.98. The number of hydrogen-bond acceptors (Lipinski definition) is 6. The monoisotopic (exact) mass is 431 g/mol. The molecule has 3 atom stereocenters. The Morgan fingerprint density at radius 1 is 1.28 bits per heavy atom. The third-order valence-corrected chi connectivity index (χ3v) is 6.25. The fraction of sp³-hybridized carbons (Fsp3) is 0.632. The van der Waals surface area contributed by atoms with Gasteiger partial charge in [0.2, 0.25) is 15.9 Å². The van der Waals surface area contributed by atoms with Crippen molar-refractivity contribution in [1.82, 2.24) is 14.9 Å². The van der Waals surface area contributed by atoms with Crippen LogP contribution in [0.5, 0.6) is 0 Å². The Balaban J connectivity index is 1.85. The first kappa shape index (κ1) is 23.7. The summed E-state index contributed by atoms with van der Waals surface area (Å²) in [7, 11) is 0.0582. The molecule has 0 radical (unpaired) electrons. The number of benzene rings is 1. The number of sulfonamides is 1. The maximum absolute atomic E-state index is 13.0. The Labute approximate surface area is 171 Å². The summed E-state index contributed by atoms with van der Waals surface area (Å²) in [4.78, 5) is 14.0. The van der Waals surface area contributed by atoms with E-state index in [4.69, 9.17) is 4.74 Å². The van der Waals surface area contributed by atoms with E-state index in [1.807, 2.05) is 19.0 Å². The van der Waals surface area contributed by atoms with Crippen LogP contribution in [0.1, 0.15) is 25.7 Å². The molecule has 8 nitrogen and oxygen atoms in total. The molecular weight excluding hydrogens is 401 g/mol. The number of aliphatic hydroxyl groups excluding tert-OH is 1. The summed E-state index contributed by atoms with van der Waals surface area (Å²) in [6, 6.07) is 3.87. The molecule has 1 saturated heterocycles. The highest BCUT2D eigenvalue weighted by Crippen LogP contribution is 2.23. The highest BCUT2D eigenvalue weighted by Gasteiger charge is 2.34. The third-order valence-electron chi connectivity index (χ3n) is 4.74. The molecule has 3 N–H and O–H groups in total. The number of carbonyl (C=O) groups is 1. The van der Waals surface area contributed by atoms with Gasteiger partial charge in [-0.1, -0.05) is 0 Å². The molecule has 1 aliphatic rings. The first-order chi connectivity index (χ1) is 13.7. The first-order valence-corrected chi connectivity index (χ1v) is 11.1. The standard InChI is InChI=1S/C19H30FN3O5S/c1-23(2)11-3-10-21-19(25)12-15-6-9-17(18(13-24)28-15)22-29(26,27)16-7-4-14(20)5-8-16/h4-5,7-8,15,17-18,22,24H,3,6,9-13H2,1-2H3,(H,21,25)/t15-,17+,18+/m0/s1. The molecular formula is C19H30FN3O5S. The summed E-state index contributed by atoms with van der Waals surface area (Å²) in [6.07, 6.45) is 0.771. The SMILES string of the molecule is CN(C)CCCNC(=O)C[C@@H]1CC[C@@H](NS(=O)(=O)c2ccc(F)cc2)[C@@H](CO)O1. The Bertz CT molecular complexity index is 758. The van der Waals surface area contributed by atoms with Crippen LogP contribution in [0.2, 0.25) is 0 Å². The molecule has 0 spiro atoms. The molecule has 0 saturated carbocycles. The van der Waals surface area contributed by atoms with E-state index in [9.17, 15) is 22.7 Å². The number of hydrogen-bond donors (Lipinski definition) is 3. The molecule has 1 aromatic carbocycles. The van der Waals surface area contributed by atoms with Crippen LogP contribution in [-0.2, 0) is 19.6 Å². The molecule has 0 aliphatic carbocycles. The number of amides is 1. The molecule has 1 aromatic rings. The van der Waals surface area contributed by atoms with Gasteiger partial charge in [0.05, 0.1) is 36.2 Å². The maximum Gasteiger partial charge on any atom is 0.240 e. The molecule has 1 heterocycles. The van der Waals surface area contributed by atoms with Crippen molar-refractivity contribution in [1.29, 1.82) is 0 Å². The Hall–Kier alpha value is -1.59. The van der Waals surface area contributed by atoms with Crippen LogP contribution in [0.4, 0.5) is 4.39 Å². The van der Waals surface area contributed by atoms with Crippen molar-refractivity contribution >= 4 is 15.9 Å². The lowest BCUT2D eigenvalue weighted by molar-refractivity contribution is -0.130. The molecule has 29 heavy (non-hydrogen) atoms. The highest BCUT2D eigenvalue weighted by atomic mass is 32.2. The molecule has 0 bridgehead atoms. The van der Waals surface area contributed by atoms with Crippen LogP contribution in [0.25, 0.3) is 0 Å². The lowest BCUT2D eigenvalue weighted by Gasteiger charge is -2.35. The van der Waals surface area contributed by atoms with E-state index in [-0.39, 0.29) is 29.9 Å². The van der Waals surface area contributed by atoms with Crippen molar-refractivity contribution in [3.05, 3.63) is 30.1 Å². The number of ether oxygens (including phenoxy) is 1. The average Bonchev–Trinajstić information content (AvgIpc) is 2.66. The van der Waals surface area contributed by atoms with Crippen LogP contribution in [0, 0.1) is 5.82 Å². The molecule has 1 amide bonds. The fourth-order valence-corrected chi connectivity index (χ4v) is 4.50. The minimum absolute atomic E-state index is 0.0604. The van der Waals surface area contributed by atoms with Gasteiger partial charge in [0.15, 0.2) is 0 Å². The summed E-state index contributed by atoms with van der Waals surface area (Å²) in [5.74, 6) is -0.656. The number of rotatable bonds is 10. The molecule has 1 aliphatic heterocycles. The zero-order chi connectivity index (χ0) is 21.4. The normalized spacial score (nSPS) is 22.6. The summed E-state index contributed by atoms with van der Waals surface area (Å²) >= 11 is 0. The smallest absolute Gasteiger partial charge is 0.240 e. The molecule has 10 heteroatoms. The summed E-state index contributed by atoms with van der Waals surface area (Å²) in [6.45, 7) is 1.08. The van der Waals surface area contributed by atoms with Crippen molar-refractivity contribution < 1.29 is 27.4 Å². The van der Waals surface area contributed by atoms with Gasteiger partial charge in [-0.25, -0.2) is 17.5 Å². The van der Waals surface area contributed by atoms with Crippen molar-refractivity contribution in [2.75, 3.05) is 33.8 Å². The van der Waals surface area contributed by atoms with Crippen molar-refractivity contribution in [3.63, 3.8) is 0 Å². The van der Waals surface area contributed by atoms with Gasteiger partial charge in [-0.15, -0.1) is 0 Å². The van der Waals surface area contributed by atoms with Crippen LogP contribution in [-0.4, -0.2) is 76.4 Å². The van der Waals surface area contributed by atoms with E-state index in [2.05, 4.69) is 10.0 Å². The Kier molecular flexibility index (Phi) is 8.97. The number of halogens is 1. The van der Waals surface area contributed by atoms with Gasteiger partial charge >= 0.3 is 0 Å². The summed E-state index contributed by atoms with van der Waals surface area (Å²) in [5.41, 5.74) is 0. The predicted molar refractivity (Wildman–Crippen MR) is 106 cm³/mol. The van der Waals surface area contributed by atoms with Gasteiger partial charge in [0.1, 0.15) is 5.82 Å². The lowest BCUT2D eigenvalue weighted by Crippen LogP contribution is -2.51. The number of aliphatic hydroxyl groups is 1. The van der Waals surface area contributed by atoms with Crippen LogP contribution in [0.3, 0.4) is 0 Å². The van der Waals surface area contributed by atoms with E-state index in [1.54, 1.807) is 0 Å². The molecule has 0 aromatic heterocycles. The minimum atomic E-state index is -3.87. The van der Waals surface area contributed by atoms with Gasteiger partial charge in [0.25, 0.3) is 0 Å². The predicted octanol–water partition coefficient (Wildman–Crippen LogP) is 0.471. The van der Waals surface area contributed by atoms with Gasteiger partial charge in [-0.3, -0.25) is 4.79 Å². The van der Waals surface area contributed by atoms with E-state index >= 15 is 0 Å². The van der Waals surface area contributed by atoms with Crippen molar-refractivity contribution in [2.45, 2.75) is 48.8 Å². The molecule has 2 rings (SSSR count). The number of carbonyl (C=O) groups excluding carboxylic acids is 1.